The van der Waals surface area contributed by atoms with Gasteiger partial charge >= 0.3 is 11.7 Å². The number of ether oxygens (including phenoxy) is 2. The first-order valence-electron chi connectivity index (χ1n) is 7.08. The van der Waals surface area contributed by atoms with E-state index in [1.807, 2.05) is 0 Å². The van der Waals surface area contributed by atoms with Crippen molar-refractivity contribution in [3.05, 3.63) is 27.2 Å². The van der Waals surface area contributed by atoms with E-state index in [0.717, 1.165) is 9.13 Å². The van der Waals surface area contributed by atoms with Crippen LogP contribution >= 0.6 is 0 Å². The lowest BCUT2D eigenvalue weighted by Gasteiger charge is -2.13. The molecule has 0 aliphatic heterocycles. The Morgan fingerprint density at radius 2 is 1.96 bits per heavy atom. The molecular formula is C14H18N4O6. The van der Waals surface area contributed by atoms with Crippen LogP contribution in [0.2, 0.25) is 0 Å². The van der Waals surface area contributed by atoms with E-state index in [0.29, 0.717) is 0 Å². The zero-order valence-electron chi connectivity index (χ0n) is 13.8. The molecule has 2 heterocycles. The van der Waals surface area contributed by atoms with E-state index in [9.17, 15) is 19.2 Å². The van der Waals surface area contributed by atoms with Crippen molar-refractivity contribution in [3.63, 3.8) is 0 Å². The molecule has 0 aromatic carbocycles. The molecule has 0 unspecified atom stereocenters. The Hall–Kier alpha value is -2.75. The van der Waals surface area contributed by atoms with Crippen LogP contribution in [-0.2, 0) is 32.7 Å². The van der Waals surface area contributed by atoms with E-state index in [1.54, 1.807) is 0 Å². The summed E-state index contributed by atoms with van der Waals surface area (Å²) in [7, 11) is 4.01. The summed E-state index contributed by atoms with van der Waals surface area (Å²) in [4.78, 5) is 52.5. The molecule has 0 fully saturated rings. The molecule has 0 N–H and O–H groups in total. The average molecular weight is 338 g/mol. The van der Waals surface area contributed by atoms with E-state index in [2.05, 4.69) is 9.72 Å². The van der Waals surface area contributed by atoms with Crippen molar-refractivity contribution in [2.45, 2.75) is 19.5 Å². The highest BCUT2D eigenvalue weighted by Crippen LogP contribution is 2.14. The number of hydrogen-bond donors (Lipinski definition) is 0. The zero-order valence-corrected chi connectivity index (χ0v) is 13.8. The van der Waals surface area contributed by atoms with Gasteiger partial charge in [0.2, 0.25) is 0 Å². The Morgan fingerprint density at radius 3 is 2.54 bits per heavy atom. The van der Waals surface area contributed by atoms with Gasteiger partial charge in [-0.3, -0.25) is 18.7 Å². The number of methoxy groups -OCH3 is 2. The first-order chi connectivity index (χ1) is 11.3. The summed E-state index contributed by atoms with van der Waals surface area (Å²) in [6.45, 7) is 0.899. The Bertz CT molecular complexity index is 906. The van der Waals surface area contributed by atoms with Gasteiger partial charge in [0.25, 0.3) is 5.56 Å². The largest absolute Gasteiger partial charge is 0.467 e. The molecule has 10 heteroatoms. The zero-order chi connectivity index (χ0) is 18.0. The van der Waals surface area contributed by atoms with Gasteiger partial charge < -0.3 is 14.0 Å². The van der Waals surface area contributed by atoms with Gasteiger partial charge in [-0.1, -0.05) is 0 Å². The first-order valence-corrected chi connectivity index (χ1v) is 7.08. The maximum atomic E-state index is 12.7. The van der Waals surface area contributed by atoms with Crippen molar-refractivity contribution in [2.24, 2.45) is 7.05 Å². The SMILES string of the molecule is COCC(=O)Cn1c(=O)c2c(ncn2[C@@H](C)C(=O)OC)n(C)c1=O. The summed E-state index contributed by atoms with van der Waals surface area (Å²) in [5.41, 5.74) is -1.21. The quantitative estimate of drug-likeness (QED) is 0.611. The van der Waals surface area contributed by atoms with Gasteiger partial charge in [0.05, 0.1) is 20.0 Å². The van der Waals surface area contributed by atoms with Crippen LogP contribution in [0.15, 0.2) is 15.9 Å². The molecule has 2 aromatic heterocycles. The van der Waals surface area contributed by atoms with E-state index >= 15 is 0 Å². The summed E-state index contributed by atoms with van der Waals surface area (Å²) < 4.78 is 12.7. The lowest BCUT2D eigenvalue weighted by Crippen LogP contribution is -2.42. The molecule has 0 aliphatic carbocycles. The standard InChI is InChI=1S/C14H18N4O6/c1-8(13(21)24-4)18-7-15-11-10(18)12(20)17(14(22)16(11)2)5-9(19)6-23-3/h7-8H,5-6H2,1-4H3/t8-/m0/s1. The molecule has 24 heavy (non-hydrogen) atoms. The van der Waals surface area contributed by atoms with Crippen molar-refractivity contribution in [1.29, 1.82) is 0 Å². The highest BCUT2D eigenvalue weighted by Gasteiger charge is 2.23. The number of fused-ring (bicyclic) bond motifs is 1. The number of aromatic nitrogens is 4. The Labute approximate surface area is 136 Å². The topological polar surface area (TPSA) is 114 Å². The number of Topliss-reactive ketones (excluding diaryl/α,β-unsaturated/α-hetero) is 1. The summed E-state index contributed by atoms with van der Waals surface area (Å²) in [5.74, 6) is -0.993. The van der Waals surface area contributed by atoms with E-state index < -0.39 is 35.6 Å². The fourth-order valence-electron chi connectivity index (χ4n) is 2.39. The van der Waals surface area contributed by atoms with Gasteiger partial charge in [-0.05, 0) is 6.92 Å². The number of imidazole rings is 1. The number of carbonyl (C=O) groups is 2. The highest BCUT2D eigenvalue weighted by molar-refractivity contribution is 5.80. The molecule has 0 saturated heterocycles. The Kier molecular flexibility index (Phi) is 4.98. The molecule has 0 spiro atoms. The number of ketones is 1. The molecule has 0 bridgehead atoms. The van der Waals surface area contributed by atoms with Crippen LogP contribution in [-0.4, -0.2) is 51.3 Å². The molecule has 1 atom stereocenters. The van der Waals surface area contributed by atoms with Gasteiger partial charge in [-0.2, -0.15) is 0 Å². The molecule has 10 nitrogen and oxygen atoms in total. The van der Waals surface area contributed by atoms with Gasteiger partial charge in [-0.15, -0.1) is 0 Å². The van der Waals surface area contributed by atoms with Crippen molar-refractivity contribution >= 4 is 22.9 Å². The van der Waals surface area contributed by atoms with Crippen LogP contribution in [0.3, 0.4) is 0 Å². The second-order valence-electron chi connectivity index (χ2n) is 5.23. The molecule has 2 rings (SSSR count). The third-order valence-corrected chi connectivity index (χ3v) is 3.66. The summed E-state index contributed by atoms with van der Waals surface area (Å²) in [5, 5.41) is 0. The van der Waals surface area contributed by atoms with Gasteiger partial charge in [-0.25, -0.2) is 14.6 Å². The number of aryl methyl sites for hydroxylation is 1. The van der Waals surface area contributed by atoms with Crippen molar-refractivity contribution in [3.8, 4) is 0 Å². The molecule has 2 aromatic rings. The lowest BCUT2D eigenvalue weighted by molar-refractivity contribution is -0.143. The van der Waals surface area contributed by atoms with Crippen molar-refractivity contribution in [2.75, 3.05) is 20.8 Å². The highest BCUT2D eigenvalue weighted by atomic mass is 16.5. The number of rotatable bonds is 6. The number of carbonyl (C=O) groups excluding carboxylic acids is 2. The first kappa shape index (κ1) is 17.6. The lowest BCUT2D eigenvalue weighted by atomic mass is 10.3. The third kappa shape index (κ3) is 2.87. The van der Waals surface area contributed by atoms with Crippen LogP contribution in [0.25, 0.3) is 11.2 Å². The number of nitrogens with zero attached hydrogens (tertiary/aromatic N) is 4. The Balaban J connectivity index is 2.70. The molecule has 0 radical (unpaired) electrons. The van der Waals surface area contributed by atoms with Gasteiger partial charge in [0.1, 0.15) is 12.6 Å². The molecule has 0 aliphatic rings. The second kappa shape index (κ2) is 6.79. The monoisotopic (exact) mass is 338 g/mol. The van der Waals surface area contributed by atoms with Gasteiger partial charge in [0, 0.05) is 14.2 Å². The molecule has 0 amide bonds. The van der Waals surface area contributed by atoms with E-state index in [-0.39, 0.29) is 17.8 Å². The number of hydrogen-bond acceptors (Lipinski definition) is 7. The van der Waals surface area contributed by atoms with Gasteiger partial charge in [0.15, 0.2) is 16.9 Å². The van der Waals surface area contributed by atoms with E-state index in [1.165, 1.54) is 39.1 Å². The van der Waals surface area contributed by atoms with Crippen LogP contribution in [0, 0.1) is 0 Å². The van der Waals surface area contributed by atoms with Crippen LogP contribution in [0.1, 0.15) is 13.0 Å². The minimum Gasteiger partial charge on any atom is -0.467 e. The maximum absolute atomic E-state index is 12.7. The van der Waals surface area contributed by atoms with Crippen molar-refractivity contribution < 1.29 is 19.1 Å². The number of esters is 1. The van der Waals surface area contributed by atoms with E-state index in [4.69, 9.17) is 4.74 Å². The molecular weight excluding hydrogens is 320 g/mol. The summed E-state index contributed by atoms with van der Waals surface area (Å²) >= 11 is 0. The van der Waals surface area contributed by atoms with Crippen LogP contribution < -0.4 is 11.2 Å². The minimum absolute atomic E-state index is 0.0419. The smallest absolute Gasteiger partial charge is 0.332 e. The summed E-state index contributed by atoms with van der Waals surface area (Å²) in [6.07, 6.45) is 1.29. The Morgan fingerprint density at radius 1 is 1.29 bits per heavy atom. The second-order valence-corrected chi connectivity index (χ2v) is 5.23. The predicted octanol–water partition coefficient (Wildman–Crippen LogP) is -1.15. The minimum atomic E-state index is -0.812. The van der Waals surface area contributed by atoms with Crippen LogP contribution in [0.5, 0.6) is 0 Å². The average Bonchev–Trinajstić information content (AvgIpc) is 3.00. The fraction of sp³-hybridized carbons (Fsp3) is 0.500. The normalized spacial score (nSPS) is 12.3. The summed E-state index contributed by atoms with van der Waals surface area (Å²) in [6, 6.07) is -0.812. The third-order valence-electron chi connectivity index (χ3n) is 3.66. The maximum Gasteiger partial charge on any atom is 0.332 e. The molecule has 130 valence electrons. The van der Waals surface area contributed by atoms with Crippen LogP contribution in [0.4, 0.5) is 0 Å². The van der Waals surface area contributed by atoms with Crippen molar-refractivity contribution in [1.82, 2.24) is 18.7 Å². The molecule has 0 saturated carbocycles. The fourth-order valence-corrected chi connectivity index (χ4v) is 2.39. The predicted molar refractivity (Wildman–Crippen MR) is 82.8 cm³/mol.